The van der Waals surface area contributed by atoms with E-state index in [2.05, 4.69) is 17.6 Å². The highest BCUT2D eigenvalue weighted by Crippen LogP contribution is 2.56. The molecule has 1 aliphatic carbocycles. The van der Waals surface area contributed by atoms with Crippen LogP contribution < -0.4 is 15.5 Å². The van der Waals surface area contributed by atoms with Crippen LogP contribution in [0.25, 0.3) is 0 Å². The Bertz CT molecular complexity index is 1320. The number of pyridine rings is 1. The first-order chi connectivity index (χ1) is 16.0. The first-order valence-corrected chi connectivity index (χ1v) is 11.0. The molecular weight excluding hydrogens is 438 g/mol. The smallest absolute Gasteiger partial charge is 0.248 e. The summed E-state index contributed by atoms with van der Waals surface area (Å²) in [6.07, 6.45) is 4.52. The number of carbonyl (C=O) groups excluding carboxylic acids is 2. The summed E-state index contributed by atoms with van der Waals surface area (Å²) in [7, 11) is 0. The van der Waals surface area contributed by atoms with Crippen LogP contribution in [0.2, 0.25) is 5.02 Å². The summed E-state index contributed by atoms with van der Waals surface area (Å²) in [6, 6.07) is 12.8. The number of nitrogens with two attached hydrogens (primary N) is 1. The van der Waals surface area contributed by atoms with Crippen molar-refractivity contribution < 1.29 is 9.59 Å². The van der Waals surface area contributed by atoms with Crippen molar-refractivity contribution in [3.8, 4) is 6.07 Å². The lowest BCUT2D eigenvalue weighted by Crippen LogP contribution is -2.52. The van der Waals surface area contributed by atoms with Gasteiger partial charge < -0.3 is 10.6 Å². The Balaban J connectivity index is 1.88. The van der Waals surface area contributed by atoms with E-state index in [-0.39, 0.29) is 36.1 Å². The van der Waals surface area contributed by atoms with Crippen LogP contribution in [0.1, 0.15) is 24.8 Å². The molecule has 0 saturated heterocycles. The first-order valence-electron chi connectivity index (χ1n) is 10.6. The van der Waals surface area contributed by atoms with Crippen LogP contribution in [-0.2, 0) is 15.0 Å². The first kappa shape index (κ1) is 21.0. The van der Waals surface area contributed by atoms with Gasteiger partial charge in [0.25, 0.3) is 0 Å². The van der Waals surface area contributed by atoms with E-state index in [9.17, 15) is 14.9 Å². The van der Waals surface area contributed by atoms with E-state index in [0.717, 1.165) is 0 Å². The minimum Gasteiger partial charge on any atom is -0.384 e. The van der Waals surface area contributed by atoms with Gasteiger partial charge in [-0.2, -0.15) is 5.26 Å². The molecule has 8 heteroatoms. The predicted octanol–water partition coefficient (Wildman–Crippen LogP) is 3.73. The Morgan fingerprint density at radius 3 is 2.73 bits per heavy atom. The molecule has 5 rings (SSSR count). The molecule has 1 spiro atoms. The molecule has 0 radical (unpaired) electrons. The van der Waals surface area contributed by atoms with Crippen molar-refractivity contribution in [1.29, 1.82) is 5.26 Å². The number of nitriles is 1. The number of hydrogen-bond donors (Lipinski definition) is 1. The lowest BCUT2D eigenvalue weighted by Gasteiger charge is -2.43. The van der Waals surface area contributed by atoms with E-state index < -0.39 is 5.41 Å². The summed E-state index contributed by atoms with van der Waals surface area (Å²) >= 11 is 6.02. The number of halogens is 1. The van der Waals surface area contributed by atoms with E-state index in [0.29, 0.717) is 46.2 Å². The molecule has 3 aliphatic rings. The second-order valence-electron chi connectivity index (χ2n) is 8.11. The van der Waals surface area contributed by atoms with Gasteiger partial charge in [-0.05, 0) is 31.0 Å². The number of carbonyl (C=O) groups is 2. The molecule has 33 heavy (non-hydrogen) atoms. The molecular formula is C25H20ClN5O2. The van der Waals surface area contributed by atoms with E-state index in [1.807, 2.05) is 12.1 Å². The van der Waals surface area contributed by atoms with E-state index in [4.69, 9.17) is 17.3 Å². The van der Waals surface area contributed by atoms with E-state index in [1.54, 1.807) is 40.1 Å². The fraction of sp³-hybridized carbons (Fsp3) is 0.200. The van der Waals surface area contributed by atoms with Gasteiger partial charge in [-0.1, -0.05) is 35.9 Å². The molecule has 1 aromatic carbocycles. The third kappa shape index (κ3) is 2.71. The average Bonchev–Trinajstić information content (AvgIpc) is 3.05. The highest BCUT2D eigenvalue weighted by atomic mass is 35.5. The number of aromatic nitrogens is 1. The summed E-state index contributed by atoms with van der Waals surface area (Å²) in [5.41, 5.74) is 7.19. The topological polar surface area (TPSA) is 103 Å². The molecule has 7 nitrogen and oxygen atoms in total. The summed E-state index contributed by atoms with van der Waals surface area (Å²) in [6.45, 7) is 4.02. The van der Waals surface area contributed by atoms with Crippen LogP contribution in [-0.4, -0.2) is 23.2 Å². The Morgan fingerprint density at radius 1 is 1.24 bits per heavy atom. The van der Waals surface area contributed by atoms with Crippen LogP contribution in [0.4, 0.5) is 11.5 Å². The molecule has 1 atom stereocenters. The number of Topliss-reactive ketones (excluding diaryl/α,β-unsaturated/α-hetero) is 1. The SMILES string of the molecule is C=CCN1C(=O)[C@]2(C(C#N)=C(N)N(c3ccc(Cl)cn3)C3=C2C(=O)CCC3)c2ccccc21. The molecule has 164 valence electrons. The van der Waals surface area contributed by atoms with Gasteiger partial charge in [0.05, 0.1) is 10.6 Å². The maximum Gasteiger partial charge on any atom is 0.248 e. The highest BCUT2D eigenvalue weighted by Gasteiger charge is 2.62. The van der Waals surface area contributed by atoms with E-state index in [1.165, 1.54) is 6.20 Å². The number of fused-ring (bicyclic) bond motifs is 3. The molecule has 0 unspecified atom stereocenters. The molecule has 0 bridgehead atoms. The Hall–Kier alpha value is -3.89. The zero-order valence-electron chi connectivity index (χ0n) is 17.7. The second kappa shape index (κ2) is 7.61. The second-order valence-corrected chi connectivity index (χ2v) is 8.55. The molecule has 0 saturated carbocycles. The average molecular weight is 458 g/mol. The van der Waals surface area contributed by atoms with Crippen LogP contribution in [0.5, 0.6) is 0 Å². The highest BCUT2D eigenvalue weighted by molar-refractivity contribution is 6.30. The number of nitrogens with zero attached hydrogens (tertiary/aromatic N) is 4. The van der Waals surface area contributed by atoms with Crippen molar-refractivity contribution in [2.45, 2.75) is 24.7 Å². The lowest BCUT2D eigenvalue weighted by atomic mass is 9.64. The van der Waals surface area contributed by atoms with Gasteiger partial charge in [-0.25, -0.2) is 4.98 Å². The fourth-order valence-electron chi connectivity index (χ4n) is 5.20. The molecule has 3 heterocycles. The van der Waals surface area contributed by atoms with Crippen LogP contribution in [0.3, 0.4) is 0 Å². The third-order valence-electron chi connectivity index (χ3n) is 6.43. The fourth-order valence-corrected chi connectivity index (χ4v) is 5.31. The van der Waals surface area contributed by atoms with Gasteiger partial charge in [0.2, 0.25) is 5.91 Å². The number of anilines is 2. The van der Waals surface area contributed by atoms with Crippen molar-refractivity contribution in [2.75, 3.05) is 16.3 Å². The number of rotatable bonds is 3. The van der Waals surface area contributed by atoms with Gasteiger partial charge in [-0.3, -0.25) is 14.5 Å². The van der Waals surface area contributed by atoms with Gasteiger partial charge in [0.15, 0.2) is 5.78 Å². The molecule has 2 aliphatic heterocycles. The summed E-state index contributed by atoms with van der Waals surface area (Å²) in [4.78, 5) is 35.2. The Labute approximate surface area is 196 Å². The maximum atomic E-state index is 14.1. The normalized spacial score (nSPS) is 21.9. The zero-order valence-corrected chi connectivity index (χ0v) is 18.5. The van der Waals surface area contributed by atoms with Crippen LogP contribution in [0, 0.1) is 11.3 Å². The van der Waals surface area contributed by atoms with Gasteiger partial charge in [0.1, 0.15) is 23.1 Å². The number of ketones is 1. The number of allylic oxidation sites excluding steroid dienone is 1. The van der Waals surface area contributed by atoms with Gasteiger partial charge >= 0.3 is 0 Å². The van der Waals surface area contributed by atoms with E-state index >= 15 is 0 Å². The summed E-state index contributed by atoms with van der Waals surface area (Å²) < 4.78 is 0. The third-order valence-corrected chi connectivity index (χ3v) is 6.65. The minimum atomic E-state index is -1.59. The molecule has 1 amide bonds. The van der Waals surface area contributed by atoms with Crippen LogP contribution in [0.15, 0.2) is 77.9 Å². The van der Waals surface area contributed by atoms with Crippen LogP contribution >= 0.6 is 11.6 Å². The Morgan fingerprint density at radius 2 is 2.03 bits per heavy atom. The molecule has 0 fully saturated rings. The van der Waals surface area contributed by atoms with Gasteiger partial charge in [0, 0.05) is 41.7 Å². The number of amides is 1. The van der Waals surface area contributed by atoms with Crippen molar-refractivity contribution in [2.24, 2.45) is 5.73 Å². The van der Waals surface area contributed by atoms with Crippen molar-refractivity contribution in [3.05, 3.63) is 88.5 Å². The van der Waals surface area contributed by atoms with Gasteiger partial charge in [-0.15, -0.1) is 6.58 Å². The monoisotopic (exact) mass is 457 g/mol. The lowest BCUT2D eigenvalue weighted by molar-refractivity contribution is -0.124. The maximum absolute atomic E-state index is 14.1. The summed E-state index contributed by atoms with van der Waals surface area (Å²) in [5, 5.41) is 10.8. The largest absolute Gasteiger partial charge is 0.384 e. The zero-order chi connectivity index (χ0) is 23.3. The number of hydrogen-bond acceptors (Lipinski definition) is 6. The predicted molar refractivity (Wildman–Crippen MR) is 125 cm³/mol. The number of para-hydroxylation sites is 1. The van der Waals surface area contributed by atoms with Crippen molar-refractivity contribution in [1.82, 2.24) is 4.98 Å². The standard InChI is InChI=1S/C25H20ClN5O2/c1-2-12-30-18-7-4-3-6-16(18)25(24(30)33)17(13-27)23(28)31(21-11-10-15(26)14-29-21)19-8-5-9-20(32)22(19)25/h2-4,6-7,10-11,14H,1,5,8-9,12,28H2/t25-/m0/s1. The van der Waals surface area contributed by atoms with Crippen molar-refractivity contribution >= 4 is 34.8 Å². The minimum absolute atomic E-state index is 0.0252. The number of benzene rings is 1. The summed E-state index contributed by atoms with van der Waals surface area (Å²) in [5.74, 6) is -0.0126. The molecule has 2 aromatic rings. The Kier molecular flexibility index (Phi) is 4.84. The molecule has 2 N–H and O–H groups in total. The quantitative estimate of drug-likeness (QED) is 0.704. The van der Waals surface area contributed by atoms with Crippen molar-refractivity contribution in [3.63, 3.8) is 0 Å². The molecule has 1 aromatic heterocycles.